The summed E-state index contributed by atoms with van der Waals surface area (Å²) in [5, 5.41) is 2.92. The maximum atomic E-state index is 12.8. The normalized spacial score (nSPS) is 11.5. The van der Waals surface area contributed by atoms with Crippen LogP contribution in [0.4, 0.5) is 11.4 Å². The first-order chi connectivity index (χ1) is 12.6. The van der Waals surface area contributed by atoms with Crippen LogP contribution in [0.15, 0.2) is 42.5 Å². The molecule has 0 heterocycles. The van der Waals surface area contributed by atoms with Crippen molar-refractivity contribution in [1.82, 2.24) is 0 Å². The van der Waals surface area contributed by atoms with E-state index in [1.807, 2.05) is 44.2 Å². The van der Waals surface area contributed by atoms with Crippen molar-refractivity contribution in [3.05, 3.63) is 59.2 Å². The number of carbonyl (C=O) groups is 1. The second kappa shape index (κ2) is 8.57. The van der Waals surface area contributed by atoms with E-state index in [0.717, 1.165) is 28.6 Å². The number of benzene rings is 2. The van der Waals surface area contributed by atoms with Gasteiger partial charge in [0.15, 0.2) is 0 Å². The van der Waals surface area contributed by atoms with Gasteiger partial charge in [0, 0.05) is 5.69 Å². The topological polar surface area (TPSA) is 66.5 Å². The molecule has 5 nitrogen and oxygen atoms in total. The molecule has 0 aliphatic heterocycles. The molecule has 0 saturated carbocycles. The Balaban J connectivity index is 2.34. The molecule has 0 bridgehead atoms. The Kier molecular flexibility index (Phi) is 6.65. The highest BCUT2D eigenvalue weighted by molar-refractivity contribution is 7.92. The van der Waals surface area contributed by atoms with Crippen LogP contribution < -0.4 is 9.62 Å². The van der Waals surface area contributed by atoms with Gasteiger partial charge in [0.05, 0.1) is 11.9 Å². The van der Waals surface area contributed by atoms with Crippen molar-refractivity contribution in [2.45, 2.75) is 40.0 Å². The Morgan fingerprint density at radius 1 is 1.11 bits per heavy atom. The number of sulfonamides is 1. The molecule has 146 valence electrons. The molecule has 27 heavy (non-hydrogen) atoms. The lowest BCUT2D eigenvalue weighted by atomic mass is 9.98. The first-order valence-corrected chi connectivity index (χ1v) is 10.9. The molecule has 2 rings (SSSR count). The van der Waals surface area contributed by atoms with Crippen molar-refractivity contribution < 1.29 is 13.2 Å². The van der Waals surface area contributed by atoms with Crippen molar-refractivity contribution >= 4 is 27.3 Å². The number of amides is 1. The van der Waals surface area contributed by atoms with Gasteiger partial charge in [-0.05, 0) is 42.0 Å². The summed E-state index contributed by atoms with van der Waals surface area (Å²) in [5.74, 6) is -0.116. The van der Waals surface area contributed by atoms with E-state index in [0.29, 0.717) is 12.1 Å². The molecule has 6 heteroatoms. The van der Waals surface area contributed by atoms with Gasteiger partial charge >= 0.3 is 0 Å². The number of nitrogens with zero attached hydrogens (tertiary/aromatic N) is 1. The van der Waals surface area contributed by atoms with Gasteiger partial charge in [0.1, 0.15) is 6.54 Å². The van der Waals surface area contributed by atoms with Crippen LogP contribution in [-0.4, -0.2) is 27.1 Å². The van der Waals surface area contributed by atoms with Crippen LogP contribution in [0, 0.1) is 6.92 Å². The van der Waals surface area contributed by atoms with E-state index in [1.165, 1.54) is 4.31 Å². The molecule has 1 N–H and O–H groups in total. The second-order valence-electron chi connectivity index (χ2n) is 6.99. The molecule has 0 aliphatic rings. The Morgan fingerprint density at radius 3 is 2.37 bits per heavy atom. The van der Waals surface area contributed by atoms with E-state index >= 15 is 0 Å². The first-order valence-electron chi connectivity index (χ1n) is 9.10. The Morgan fingerprint density at radius 2 is 1.78 bits per heavy atom. The molecule has 2 aromatic carbocycles. The van der Waals surface area contributed by atoms with Crippen molar-refractivity contribution in [3.8, 4) is 0 Å². The van der Waals surface area contributed by atoms with Crippen LogP contribution >= 0.6 is 0 Å². The van der Waals surface area contributed by atoms with E-state index in [-0.39, 0.29) is 18.4 Å². The minimum Gasteiger partial charge on any atom is -0.324 e. The van der Waals surface area contributed by atoms with Gasteiger partial charge in [0.2, 0.25) is 15.9 Å². The lowest BCUT2D eigenvalue weighted by molar-refractivity contribution is -0.114. The monoisotopic (exact) mass is 388 g/mol. The molecule has 0 saturated heterocycles. The molecule has 0 spiro atoms. The molecule has 2 aromatic rings. The summed E-state index contributed by atoms with van der Waals surface area (Å²) in [6.45, 7) is 7.75. The highest BCUT2D eigenvalue weighted by atomic mass is 32.2. The molecule has 0 radical (unpaired) electrons. The van der Waals surface area contributed by atoms with Crippen LogP contribution in [0.2, 0.25) is 0 Å². The smallest absolute Gasteiger partial charge is 0.245 e. The van der Waals surface area contributed by atoms with Gasteiger partial charge in [0.25, 0.3) is 0 Å². The van der Waals surface area contributed by atoms with E-state index in [9.17, 15) is 13.2 Å². The summed E-state index contributed by atoms with van der Waals surface area (Å²) in [4.78, 5) is 12.8. The fourth-order valence-corrected chi connectivity index (χ4v) is 3.97. The van der Waals surface area contributed by atoms with Crippen LogP contribution in [0.1, 0.15) is 43.4 Å². The van der Waals surface area contributed by atoms with Gasteiger partial charge in [-0.15, -0.1) is 0 Å². The molecule has 0 unspecified atom stereocenters. The van der Waals surface area contributed by atoms with Crippen molar-refractivity contribution in [2.24, 2.45) is 0 Å². The van der Waals surface area contributed by atoms with Crippen LogP contribution in [0.25, 0.3) is 0 Å². The van der Waals surface area contributed by atoms with Gasteiger partial charge < -0.3 is 5.32 Å². The average molecular weight is 389 g/mol. The maximum Gasteiger partial charge on any atom is 0.245 e. The molecule has 0 fully saturated rings. The van der Waals surface area contributed by atoms with Crippen LogP contribution in [0.5, 0.6) is 0 Å². The number of anilines is 2. The summed E-state index contributed by atoms with van der Waals surface area (Å²) in [7, 11) is -3.60. The lowest BCUT2D eigenvalue weighted by Gasteiger charge is -2.25. The highest BCUT2D eigenvalue weighted by Crippen LogP contribution is 2.28. The highest BCUT2D eigenvalue weighted by Gasteiger charge is 2.23. The van der Waals surface area contributed by atoms with Crippen molar-refractivity contribution in [3.63, 3.8) is 0 Å². The van der Waals surface area contributed by atoms with E-state index in [1.54, 1.807) is 12.1 Å². The largest absolute Gasteiger partial charge is 0.324 e. The third-order valence-electron chi connectivity index (χ3n) is 4.52. The van der Waals surface area contributed by atoms with E-state index in [2.05, 4.69) is 19.2 Å². The fourth-order valence-electron chi connectivity index (χ4n) is 3.09. The summed E-state index contributed by atoms with van der Waals surface area (Å²) >= 11 is 0. The number of para-hydroxylation sites is 2. The minimum absolute atomic E-state index is 0.243. The number of hydrogen-bond acceptors (Lipinski definition) is 3. The number of rotatable bonds is 7. The SMILES string of the molecule is CCc1ccccc1N(CC(=O)Nc1c(C)cccc1C(C)C)S(C)(=O)=O. The van der Waals surface area contributed by atoms with Crippen molar-refractivity contribution in [2.75, 3.05) is 22.4 Å². The van der Waals surface area contributed by atoms with Gasteiger partial charge in [-0.3, -0.25) is 9.10 Å². The van der Waals surface area contributed by atoms with Crippen LogP contribution in [-0.2, 0) is 21.2 Å². The minimum atomic E-state index is -3.60. The molecule has 0 atom stereocenters. The Hall–Kier alpha value is -2.34. The maximum absolute atomic E-state index is 12.8. The summed E-state index contributed by atoms with van der Waals surface area (Å²) in [6, 6.07) is 13.1. The first kappa shape index (κ1) is 21.0. The Bertz CT molecular complexity index is 921. The number of aryl methyl sites for hydroxylation is 2. The summed E-state index contributed by atoms with van der Waals surface area (Å²) in [5.41, 5.74) is 4.17. The van der Waals surface area contributed by atoms with E-state index < -0.39 is 10.0 Å². The zero-order chi connectivity index (χ0) is 20.2. The lowest BCUT2D eigenvalue weighted by Crippen LogP contribution is -2.38. The summed E-state index contributed by atoms with van der Waals surface area (Å²) < 4.78 is 25.9. The van der Waals surface area contributed by atoms with Gasteiger partial charge in [-0.25, -0.2) is 8.42 Å². The van der Waals surface area contributed by atoms with Crippen molar-refractivity contribution in [1.29, 1.82) is 0 Å². The molecule has 0 aliphatic carbocycles. The fraction of sp³-hybridized carbons (Fsp3) is 0.381. The van der Waals surface area contributed by atoms with Gasteiger partial charge in [-0.2, -0.15) is 0 Å². The molecular formula is C21H28N2O3S. The molecular weight excluding hydrogens is 360 g/mol. The van der Waals surface area contributed by atoms with Crippen LogP contribution in [0.3, 0.4) is 0 Å². The quantitative estimate of drug-likeness (QED) is 0.777. The average Bonchev–Trinajstić information content (AvgIpc) is 2.60. The number of nitrogens with one attached hydrogen (secondary N) is 1. The van der Waals surface area contributed by atoms with E-state index in [4.69, 9.17) is 0 Å². The second-order valence-corrected chi connectivity index (χ2v) is 8.90. The zero-order valence-electron chi connectivity index (χ0n) is 16.6. The standard InChI is InChI=1S/C21H28N2O3S/c1-6-17-11-7-8-13-19(17)23(27(5,25)26)14-20(24)22-21-16(4)10-9-12-18(21)15(2)3/h7-13,15H,6,14H2,1-5H3,(H,22,24). The predicted octanol–water partition coefficient (Wildman–Crippen LogP) is 4.09. The zero-order valence-corrected chi connectivity index (χ0v) is 17.4. The number of hydrogen-bond donors (Lipinski definition) is 1. The third kappa shape index (κ3) is 5.10. The third-order valence-corrected chi connectivity index (χ3v) is 5.65. The number of carbonyl (C=O) groups excluding carboxylic acids is 1. The van der Waals surface area contributed by atoms with Gasteiger partial charge in [-0.1, -0.05) is 57.2 Å². The summed E-state index contributed by atoms with van der Waals surface area (Å²) in [6.07, 6.45) is 1.80. The Labute approximate surface area is 162 Å². The predicted molar refractivity (Wildman–Crippen MR) is 112 cm³/mol. The molecule has 1 amide bonds. The molecule has 0 aromatic heterocycles.